The van der Waals surface area contributed by atoms with Crippen LogP contribution in [0.2, 0.25) is 0 Å². The second-order valence-corrected chi connectivity index (χ2v) is 5.38. The fourth-order valence-corrected chi connectivity index (χ4v) is 2.17. The second kappa shape index (κ2) is 6.33. The molecule has 1 fully saturated rings. The maximum atomic E-state index is 12.0. The van der Waals surface area contributed by atoms with Gasteiger partial charge in [-0.05, 0) is 41.2 Å². The first kappa shape index (κ1) is 13.5. The lowest BCUT2D eigenvalue weighted by molar-refractivity contribution is 0.532. The zero-order valence-corrected chi connectivity index (χ0v) is 12.2. The molecule has 1 aliphatic carbocycles. The van der Waals surface area contributed by atoms with Crippen molar-refractivity contribution in [1.82, 2.24) is 15.1 Å². The summed E-state index contributed by atoms with van der Waals surface area (Å²) in [5.74, 6) is 0.648. The molecule has 5 nitrogen and oxygen atoms in total. The number of halogens is 1. The van der Waals surface area contributed by atoms with E-state index >= 15 is 0 Å². The number of rotatable bonds is 7. The number of hydrogen-bond donors (Lipinski definition) is 2. The summed E-state index contributed by atoms with van der Waals surface area (Å²) in [5, 5.41) is 10.6. The van der Waals surface area contributed by atoms with Crippen LogP contribution in [0.15, 0.2) is 15.5 Å². The maximum Gasteiger partial charge on any atom is 0.283 e. The minimum Gasteiger partial charge on any atom is -0.381 e. The third-order valence-corrected chi connectivity index (χ3v) is 3.75. The van der Waals surface area contributed by atoms with E-state index in [1.807, 2.05) is 0 Å². The van der Waals surface area contributed by atoms with Crippen LogP contribution in [0.3, 0.4) is 0 Å². The number of likely N-dealkylation sites (N-methyl/N-ethyl adjacent to an activating group) is 1. The monoisotopic (exact) mass is 314 g/mol. The summed E-state index contributed by atoms with van der Waals surface area (Å²) in [4.78, 5) is 12.0. The van der Waals surface area contributed by atoms with Crippen LogP contribution in [0.5, 0.6) is 0 Å². The molecule has 0 atom stereocenters. The minimum atomic E-state index is -0.0460. The van der Waals surface area contributed by atoms with E-state index in [1.54, 1.807) is 10.9 Å². The minimum absolute atomic E-state index is 0.0460. The molecule has 2 N–H and O–H groups in total. The second-order valence-electron chi connectivity index (χ2n) is 4.58. The van der Waals surface area contributed by atoms with Crippen LogP contribution < -0.4 is 16.2 Å². The first-order valence-corrected chi connectivity index (χ1v) is 7.22. The van der Waals surface area contributed by atoms with Crippen molar-refractivity contribution in [3.63, 3.8) is 0 Å². The van der Waals surface area contributed by atoms with Gasteiger partial charge in [0.25, 0.3) is 5.56 Å². The van der Waals surface area contributed by atoms with Crippen molar-refractivity contribution >= 4 is 21.6 Å². The largest absolute Gasteiger partial charge is 0.381 e. The van der Waals surface area contributed by atoms with Gasteiger partial charge in [0.05, 0.1) is 11.9 Å². The van der Waals surface area contributed by atoms with Gasteiger partial charge in [-0.1, -0.05) is 6.92 Å². The van der Waals surface area contributed by atoms with Crippen molar-refractivity contribution in [3.05, 3.63) is 21.0 Å². The van der Waals surface area contributed by atoms with E-state index in [0.717, 1.165) is 31.9 Å². The highest BCUT2D eigenvalue weighted by Gasteiger charge is 2.23. The van der Waals surface area contributed by atoms with Crippen LogP contribution in [0.4, 0.5) is 5.69 Å². The Morgan fingerprint density at radius 3 is 2.94 bits per heavy atom. The molecule has 0 spiro atoms. The van der Waals surface area contributed by atoms with Crippen molar-refractivity contribution in [2.75, 3.05) is 25.0 Å². The van der Waals surface area contributed by atoms with Gasteiger partial charge in [0.2, 0.25) is 0 Å². The number of nitrogens with zero attached hydrogens (tertiary/aromatic N) is 2. The number of hydrogen-bond acceptors (Lipinski definition) is 4. The molecule has 2 rings (SSSR count). The van der Waals surface area contributed by atoms with Crippen LogP contribution in [0.1, 0.15) is 19.8 Å². The molecular formula is C12H19BrN4O. The Kier molecular flexibility index (Phi) is 4.77. The lowest BCUT2D eigenvalue weighted by atomic mass is 10.4. The smallest absolute Gasteiger partial charge is 0.283 e. The highest BCUT2D eigenvalue weighted by atomic mass is 79.9. The predicted molar refractivity (Wildman–Crippen MR) is 76.0 cm³/mol. The van der Waals surface area contributed by atoms with E-state index in [1.165, 1.54) is 12.8 Å². The molecular weight excluding hydrogens is 296 g/mol. The fourth-order valence-electron chi connectivity index (χ4n) is 1.73. The highest BCUT2D eigenvalue weighted by Crippen LogP contribution is 2.30. The van der Waals surface area contributed by atoms with Crippen LogP contribution in [0, 0.1) is 5.92 Å². The molecule has 1 aromatic heterocycles. The van der Waals surface area contributed by atoms with Crippen molar-refractivity contribution in [1.29, 1.82) is 0 Å². The van der Waals surface area contributed by atoms with Crippen molar-refractivity contribution in [2.24, 2.45) is 5.92 Å². The number of anilines is 1. The van der Waals surface area contributed by atoms with Crippen LogP contribution in [-0.4, -0.2) is 29.4 Å². The molecule has 0 radical (unpaired) electrons. The molecule has 100 valence electrons. The molecule has 0 saturated heterocycles. The third-order valence-electron chi connectivity index (χ3n) is 2.98. The molecule has 0 unspecified atom stereocenters. The molecule has 1 heterocycles. The van der Waals surface area contributed by atoms with Crippen molar-refractivity contribution < 1.29 is 0 Å². The average molecular weight is 315 g/mol. The Morgan fingerprint density at radius 2 is 2.28 bits per heavy atom. The lowest BCUT2D eigenvalue weighted by Crippen LogP contribution is -2.27. The summed E-state index contributed by atoms with van der Waals surface area (Å²) in [5.41, 5.74) is 0.723. The van der Waals surface area contributed by atoms with Crippen LogP contribution in [0.25, 0.3) is 0 Å². The molecule has 0 bridgehead atoms. The summed E-state index contributed by atoms with van der Waals surface area (Å²) in [6.07, 6.45) is 4.16. The lowest BCUT2D eigenvalue weighted by Gasteiger charge is -2.10. The standard InChI is InChI=1S/C12H19BrN4O/c1-2-14-5-6-15-10-7-16-17(8-9-3-4-9)12(18)11(10)13/h7,9,14-15H,2-6,8H2,1H3. The van der Waals surface area contributed by atoms with Crippen molar-refractivity contribution in [2.45, 2.75) is 26.3 Å². The molecule has 6 heteroatoms. The van der Waals surface area contributed by atoms with E-state index in [4.69, 9.17) is 0 Å². The van der Waals surface area contributed by atoms with Gasteiger partial charge >= 0.3 is 0 Å². The SMILES string of the molecule is CCNCCNc1cnn(CC2CC2)c(=O)c1Br. The van der Waals surface area contributed by atoms with E-state index < -0.39 is 0 Å². The van der Waals surface area contributed by atoms with Gasteiger partial charge in [0, 0.05) is 19.6 Å². The summed E-state index contributed by atoms with van der Waals surface area (Å²) >= 11 is 3.35. The molecule has 1 aliphatic rings. The van der Waals surface area contributed by atoms with Gasteiger partial charge in [0.15, 0.2) is 0 Å². The van der Waals surface area contributed by atoms with E-state index in [2.05, 4.69) is 38.6 Å². The topological polar surface area (TPSA) is 59.0 Å². The molecule has 1 saturated carbocycles. The number of aromatic nitrogens is 2. The molecule has 18 heavy (non-hydrogen) atoms. The fraction of sp³-hybridized carbons (Fsp3) is 0.667. The average Bonchev–Trinajstić information content (AvgIpc) is 3.17. The van der Waals surface area contributed by atoms with Crippen LogP contribution >= 0.6 is 15.9 Å². The van der Waals surface area contributed by atoms with Gasteiger partial charge in [0.1, 0.15) is 4.47 Å². The Labute approximate surface area is 115 Å². The Hall–Kier alpha value is -0.880. The molecule has 0 amide bonds. The third kappa shape index (κ3) is 3.55. The van der Waals surface area contributed by atoms with Gasteiger partial charge in [-0.15, -0.1) is 0 Å². The van der Waals surface area contributed by atoms with E-state index in [9.17, 15) is 4.79 Å². The Balaban J connectivity index is 1.98. The van der Waals surface area contributed by atoms with Gasteiger partial charge < -0.3 is 10.6 Å². The quantitative estimate of drug-likeness (QED) is 0.748. The Morgan fingerprint density at radius 1 is 1.50 bits per heavy atom. The van der Waals surface area contributed by atoms with E-state index in [-0.39, 0.29) is 5.56 Å². The molecule has 1 aromatic rings. The van der Waals surface area contributed by atoms with Gasteiger partial charge in [-0.2, -0.15) is 5.10 Å². The van der Waals surface area contributed by atoms with Crippen molar-refractivity contribution in [3.8, 4) is 0 Å². The molecule has 0 aromatic carbocycles. The normalized spacial score (nSPS) is 14.8. The first-order chi connectivity index (χ1) is 8.72. The highest BCUT2D eigenvalue weighted by molar-refractivity contribution is 9.10. The molecule has 0 aliphatic heterocycles. The number of nitrogens with one attached hydrogen (secondary N) is 2. The van der Waals surface area contributed by atoms with E-state index in [0.29, 0.717) is 10.4 Å². The zero-order valence-electron chi connectivity index (χ0n) is 10.6. The Bertz CT molecular complexity index is 456. The summed E-state index contributed by atoms with van der Waals surface area (Å²) in [7, 11) is 0. The first-order valence-electron chi connectivity index (χ1n) is 6.42. The van der Waals surface area contributed by atoms with Gasteiger partial charge in [-0.25, -0.2) is 4.68 Å². The van der Waals surface area contributed by atoms with Gasteiger partial charge in [-0.3, -0.25) is 4.79 Å². The summed E-state index contributed by atoms with van der Waals surface area (Å²) < 4.78 is 2.13. The zero-order chi connectivity index (χ0) is 13.0. The predicted octanol–water partition coefficient (Wildman–Crippen LogP) is 1.44. The maximum absolute atomic E-state index is 12.0. The summed E-state index contributed by atoms with van der Waals surface area (Å²) in [6, 6.07) is 0. The summed E-state index contributed by atoms with van der Waals surface area (Å²) in [6.45, 7) is 5.41. The van der Waals surface area contributed by atoms with Crippen LogP contribution in [-0.2, 0) is 6.54 Å².